The van der Waals surface area contributed by atoms with Gasteiger partial charge in [0.15, 0.2) is 5.65 Å². The minimum Gasteiger partial charge on any atom is -0.616 e. The number of hydrogen-bond donors (Lipinski definition) is 0. The average molecular weight is 493 g/mol. The highest BCUT2D eigenvalue weighted by Gasteiger charge is 2.44. The molecule has 1 aliphatic carbocycles. The highest BCUT2D eigenvalue weighted by atomic mass is 32.2. The molecule has 2 fully saturated rings. The van der Waals surface area contributed by atoms with Crippen LogP contribution in [-0.4, -0.2) is 61.8 Å². The van der Waals surface area contributed by atoms with Gasteiger partial charge in [-0.1, -0.05) is 11.2 Å². The zero-order valence-electron chi connectivity index (χ0n) is 20.2. The van der Waals surface area contributed by atoms with Gasteiger partial charge in [-0.25, -0.2) is 9.97 Å². The van der Waals surface area contributed by atoms with E-state index in [2.05, 4.69) is 28.1 Å². The second-order valence-corrected chi connectivity index (χ2v) is 13.4. The number of nitrogens with zero attached hydrogens (tertiary/aromatic N) is 4. The number of thioether (sulfide) groups is 1. The Kier molecular flexibility index (Phi) is 7.50. The molecule has 0 amide bonds. The number of carbonyl (C=O) groups excluding carboxylic acids is 1. The Hall–Kier alpha value is -1.45. The topological polar surface area (TPSA) is 82.8 Å². The summed E-state index contributed by atoms with van der Waals surface area (Å²) >= 11 is 0.803. The first-order valence-corrected chi connectivity index (χ1v) is 14.4. The third-order valence-electron chi connectivity index (χ3n) is 7.64. The zero-order chi connectivity index (χ0) is 23.6. The molecule has 0 N–H and O–H groups in total. The van der Waals surface area contributed by atoms with Gasteiger partial charge in [0.05, 0.1) is 24.7 Å². The van der Waals surface area contributed by atoms with E-state index in [0.717, 1.165) is 36.0 Å². The van der Waals surface area contributed by atoms with Crippen LogP contribution in [0, 0.1) is 11.3 Å². The van der Waals surface area contributed by atoms with Crippen molar-refractivity contribution in [2.24, 2.45) is 11.3 Å². The molecule has 0 radical (unpaired) electrons. The predicted octanol–water partition coefficient (Wildman–Crippen LogP) is 4.32. The fourth-order valence-corrected chi connectivity index (χ4v) is 6.88. The Morgan fingerprint density at radius 1 is 1.33 bits per heavy atom. The van der Waals surface area contributed by atoms with E-state index < -0.39 is 11.2 Å². The number of hydrogen-bond acceptors (Lipinski definition) is 7. The maximum absolute atomic E-state index is 12.1. The van der Waals surface area contributed by atoms with Gasteiger partial charge in [0.25, 0.3) is 0 Å². The van der Waals surface area contributed by atoms with Crippen LogP contribution in [0.1, 0.15) is 58.8 Å². The first kappa shape index (κ1) is 24.7. The first-order chi connectivity index (χ1) is 15.7. The van der Waals surface area contributed by atoms with E-state index in [9.17, 15) is 9.35 Å². The molecule has 0 bridgehead atoms. The van der Waals surface area contributed by atoms with Crippen molar-refractivity contribution in [1.82, 2.24) is 14.4 Å². The largest absolute Gasteiger partial charge is 0.616 e. The Bertz CT molecular complexity index is 970. The lowest BCUT2D eigenvalue weighted by atomic mass is 9.76. The molecule has 182 valence electrons. The van der Waals surface area contributed by atoms with Gasteiger partial charge in [-0.15, -0.1) is 11.8 Å². The van der Waals surface area contributed by atoms with Crippen LogP contribution in [0.3, 0.4) is 0 Å². The van der Waals surface area contributed by atoms with Gasteiger partial charge in [-0.05, 0) is 57.3 Å². The number of rotatable bonds is 8. The van der Waals surface area contributed by atoms with Gasteiger partial charge in [-0.3, -0.25) is 9.20 Å². The van der Waals surface area contributed by atoms with E-state index in [4.69, 9.17) is 9.72 Å². The van der Waals surface area contributed by atoms with Gasteiger partial charge in [0, 0.05) is 43.9 Å². The summed E-state index contributed by atoms with van der Waals surface area (Å²) in [5, 5.41) is 0. The summed E-state index contributed by atoms with van der Waals surface area (Å²) in [4.78, 5) is 24.1. The van der Waals surface area contributed by atoms with Crippen molar-refractivity contribution in [1.29, 1.82) is 0 Å². The SMILES string of the molecule is COC(=O)CCSc1cnc(N2CCC3(CCC(CC(C)(C)[S@+](C)[O-])C3)CC2)n2ccnc12. The molecular weight excluding hydrogens is 456 g/mol. The van der Waals surface area contributed by atoms with Crippen molar-refractivity contribution in [3.63, 3.8) is 0 Å². The number of ether oxygens (including phenoxy) is 1. The molecule has 4 rings (SSSR count). The Morgan fingerprint density at radius 2 is 2.09 bits per heavy atom. The summed E-state index contributed by atoms with van der Waals surface area (Å²) in [7, 11) is 1.42. The summed E-state index contributed by atoms with van der Waals surface area (Å²) in [5.41, 5.74) is 1.33. The molecule has 2 aliphatic rings. The van der Waals surface area contributed by atoms with Gasteiger partial charge < -0.3 is 14.2 Å². The standard InChI is InChI=1S/C24H36N4O3S2/c1-23(2,33(4)30)15-18-5-7-24(16-18)8-11-27(12-9-24)22-26-17-19(21-25-10-13-28(21)22)32-14-6-20(29)31-3/h10,13,17-18H,5-9,11-12,14-16H2,1-4H3/t18?,33-/m0/s1. The molecule has 2 aromatic heterocycles. The Morgan fingerprint density at radius 3 is 2.79 bits per heavy atom. The maximum atomic E-state index is 12.1. The van der Waals surface area contributed by atoms with Gasteiger partial charge >= 0.3 is 5.97 Å². The van der Waals surface area contributed by atoms with E-state index in [1.165, 1.54) is 39.2 Å². The molecule has 0 aromatic carbocycles. The maximum Gasteiger partial charge on any atom is 0.306 e. The van der Waals surface area contributed by atoms with Crippen LogP contribution >= 0.6 is 11.8 Å². The molecule has 2 atom stereocenters. The third-order valence-corrected chi connectivity index (χ3v) is 10.4. The van der Waals surface area contributed by atoms with E-state index in [0.29, 0.717) is 23.5 Å². The van der Waals surface area contributed by atoms with Crippen LogP contribution in [0.25, 0.3) is 5.65 Å². The molecule has 1 aliphatic heterocycles. The molecule has 33 heavy (non-hydrogen) atoms. The van der Waals surface area contributed by atoms with E-state index in [1.54, 1.807) is 11.8 Å². The molecule has 1 spiro atoms. The smallest absolute Gasteiger partial charge is 0.306 e. The molecule has 3 heterocycles. The van der Waals surface area contributed by atoms with E-state index >= 15 is 0 Å². The van der Waals surface area contributed by atoms with Crippen LogP contribution in [0.2, 0.25) is 0 Å². The summed E-state index contributed by atoms with van der Waals surface area (Å²) in [6.45, 7) is 6.31. The molecule has 2 aromatic rings. The molecule has 1 saturated carbocycles. The summed E-state index contributed by atoms with van der Waals surface area (Å²) in [6.07, 6.45) is 15.2. The number of esters is 1. The van der Waals surface area contributed by atoms with Crippen LogP contribution in [0.15, 0.2) is 23.5 Å². The number of fused-ring (bicyclic) bond motifs is 1. The van der Waals surface area contributed by atoms with Crippen molar-refractivity contribution in [2.75, 3.05) is 37.1 Å². The van der Waals surface area contributed by atoms with E-state index in [-0.39, 0.29) is 10.7 Å². The highest BCUT2D eigenvalue weighted by molar-refractivity contribution is 7.99. The number of anilines is 1. The minimum absolute atomic E-state index is 0.0928. The quantitative estimate of drug-likeness (QED) is 0.308. The normalized spacial score (nSPS) is 21.6. The monoisotopic (exact) mass is 492 g/mol. The lowest BCUT2D eigenvalue weighted by molar-refractivity contribution is -0.140. The number of aromatic nitrogens is 3. The van der Waals surface area contributed by atoms with Crippen LogP contribution < -0.4 is 4.90 Å². The number of carbonyl (C=O) groups is 1. The molecular formula is C24H36N4O3S2. The highest BCUT2D eigenvalue weighted by Crippen LogP contribution is 2.51. The summed E-state index contributed by atoms with van der Waals surface area (Å²) < 4.78 is 18.8. The fourth-order valence-electron chi connectivity index (χ4n) is 5.51. The van der Waals surface area contributed by atoms with E-state index in [1.807, 2.05) is 24.8 Å². The number of imidazole rings is 1. The number of piperidine rings is 1. The molecule has 1 unspecified atom stereocenters. The first-order valence-electron chi connectivity index (χ1n) is 11.8. The van der Waals surface area contributed by atoms with Gasteiger partial charge in [0.2, 0.25) is 5.95 Å². The molecule has 1 saturated heterocycles. The Balaban J connectivity index is 1.38. The molecule has 7 nitrogen and oxygen atoms in total. The van der Waals surface area contributed by atoms with Crippen molar-refractivity contribution in [3.05, 3.63) is 18.6 Å². The van der Waals surface area contributed by atoms with Crippen molar-refractivity contribution < 1.29 is 14.1 Å². The third kappa shape index (κ3) is 5.46. The van der Waals surface area contributed by atoms with Crippen molar-refractivity contribution >= 4 is 40.5 Å². The second kappa shape index (κ2) is 10.0. The van der Waals surface area contributed by atoms with Crippen molar-refractivity contribution in [3.8, 4) is 0 Å². The van der Waals surface area contributed by atoms with Crippen LogP contribution in [0.4, 0.5) is 5.95 Å². The Labute approximate surface area is 204 Å². The number of methoxy groups -OCH3 is 1. The lowest BCUT2D eigenvalue weighted by Gasteiger charge is -2.40. The predicted molar refractivity (Wildman–Crippen MR) is 134 cm³/mol. The second-order valence-electron chi connectivity index (χ2n) is 10.2. The summed E-state index contributed by atoms with van der Waals surface area (Å²) in [6, 6.07) is 0. The van der Waals surface area contributed by atoms with Crippen molar-refractivity contribution in [2.45, 2.75) is 68.4 Å². The van der Waals surface area contributed by atoms with Gasteiger partial charge in [0.1, 0.15) is 4.75 Å². The fraction of sp³-hybridized carbons (Fsp3) is 0.708. The average Bonchev–Trinajstić information content (AvgIpc) is 3.42. The minimum atomic E-state index is -0.786. The zero-order valence-corrected chi connectivity index (χ0v) is 21.8. The van der Waals surface area contributed by atoms with Gasteiger partial charge in [-0.2, -0.15) is 0 Å². The van der Waals surface area contributed by atoms with Crippen LogP contribution in [-0.2, 0) is 20.7 Å². The summed E-state index contributed by atoms with van der Waals surface area (Å²) in [5.74, 6) is 2.09. The van der Waals surface area contributed by atoms with Crippen LogP contribution in [0.5, 0.6) is 0 Å². The lowest BCUT2D eigenvalue weighted by Crippen LogP contribution is -2.40. The molecule has 9 heteroatoms.